The summed E-state index contributed by atoms with van der Waals surface area (Å²) in [6.07, 6.45) is 0.777. The molecule has 0 aliphatic heterocycles. The molecule has 0 saturated heterocycles. The lowest BCUT2D eigenvalue weighted by Crippen LogP contribution is -2.02. The number of hydrogen-bond acceptors (Lipinski definition) is 3. The third-order valence-corrected chi connectivity index (χ3v) is 3.49. The minimum absolute atomic E-state index is 0.466. The molecule has 16 heavy (non-hydrogen) atoms. The summed E-state index contributed by atoms with van der Waals surface area (Å²) in [5, 5.41) is 8.53. The first-order chi connectivity index (χ1) is 7.63. The maximum atomic E-state index is 5.93. The fourth-order valence-electron chi connectivity index (χ4n) is 1.47. The monoisotopic (exact) mass is 300 g/mol. The Labute approximate surface area is 107 Å². The Kier molecular flexibility index (Phi) is 3.16. The van der Waals surface area contributed by atoms with E-state index in [0.29, 0.717) is 10.8 Å². The van der Waals surface area contributed by atoms with Crippen LogP contribution in [0.15, 0.2) is 22.7 Å². The molecule has 2 rings (SSSR count). The quantitative estimate of drug-likeness (QED) is 0.928. The highest BCUT2D eigenvalue weighted by Gasteiger charge is 2.10. The third kappa shape index (κ3) is 1.92. The van der Waals surface area contributed by atoms with Crippen LogP contribution < -0.4 is 5.73 Å². The summed E-state index contributed by atoms with van der Waals surface area (Å²) in [6.45, 7) is 2.01. The van der Waals surface area contributed by atoms with E-state index in [1.165, 1.54) is 0 Å². The zero-order chi connectivity index (χ0) is 11.7. The highest BCUT2D eigenvalue weighted by atomic mass is 79.9. The minimum Gasteiger partial charge on any atom is -0.381 e. The van der Waals surface area contributed by atoms with Gasteiger partial charge in [0.15, 0.2) is 5.82 Å². The van der Waals surface area contributed by atoms with Crippen LogP contribution in [0.2, 0.25) is 5.02 Å². The van der Waals surface area contributed by atoms with Gasteiger partial charge in [-0.3, -0.25) is 0 Å². The average molecular weight is 302 g/mol. The zero-order valence-electron chi connectivity index (χ0n) is 8.61. The van der Waals surface area contributed by atoms with E-state index in [-0.39, 0.29) is 0 Å². The van der Waals surface area contributed by atoms with Crippen LogP contribution in [0.1, 0.15) is 12.6 Å². The van der Waals surface area contributed by atoms with Crippen molar-refractivity contribution >= 4 is 33.3 Å². The second-order valence-electron chi connectivity index (χ2n) is 3.29. The first-order valence-corrected chi connectivity index (χ1v) is 5.96. The van der Waals surface area contributed by atoms with Gasteiger partial charge in [0, 0.05) is 4.47 Å². The van der Waals surface area contributed by atoms with Crippen molar-refractivity contribution in [2.75, 3.05) is 5.73 Å². The maximum absolute atomic E-state index is 5.93. The number of benzene rings is 1. The summed E-state index contributed by atoms with van der Waals surface area (Å²) < 4.78 is 2.54. The molecule has 0 amide bonds. The van der Waals surface area contributed by atoms with E-state index in [2.05, 4.69) is 26.2 Å². The molecule has 0 atom stereocenters. The molecule has 0 unspecified atom stereocenters. The van der Waals surface area contributed by atoms with Gasteiger partial charge in [-0.1, -0.05) is 23.7 Å². The van der Waals surface area contributed by atoms with E-state index < -0.39 is 0 Å². The van der Waals surface area contributed by atoms with Crippen LogP contribution in [-0.2, 0) is 6.42 Å². The molecule has 0 aliphatic carbocycles. The van der Waals surface area contributed by atoms with Crippen LogP contribution in [0.3, 0.4) is 0 Å². The van der Waals surface area contributed by atoms with Crippen molar-refractivity contribution in [1.29, 1.82) is 0 Å². The van der Waals surface area contributed by atoms with Crippen molar-refractivity contribution in [2.45, 2.75) is 13.3 Å². The number of nitrogen functional groups attached to an aromatic ring is 1. The number of anilines is 1. The van der Waals surface area contributed by atoms with Crippen molar-refractivity contribution in [1.82, 2.24) is 15.0 Å². The first kappa shape index (κ1) is 11.4. The number of halogens is 2. The summed E-state index contributed by atoms with van der Waals surface area (Å²) in [5.41, 5.74) is 7.51. The lowest BCUT2D eigenvalue weighted by Gasteiger charge is -2.06. The fraction of sp³-hybridized carbons (Fsp3) is 0.200. The summed E-state index contributed by atoms with van der Waals surface area (Å²) in [6, 6.07) is 5.56. The van der Waals surface area contributed by atoms with Gasteiger partial charge in [-0.15, -0.1) is 5.10 Å². The molecule has 1 heterocycles. The Bertz CT molecular complexity index is 524. The largest absolute Gasteiger partial charge is 0.381 e. The second-order valence-corrected chi connectivity index (χ2v) is 4.55. The normalized spacial score (nSPS) is 10.7. The van der Waals surface area contributed by atoms with Crippen molar-refractivity contribution in [2.24, 2.45) is 0 Å². The highest BCUT2D eigenvalue weighted by Crippen LogP contribution is 2.25. The van der Waals surface area contributed by atoms with E-state index in [1.807, 2.05) is 19.1 Å². The van der Waals surface area contributed by atoms with Gasteiger partial charge in [0.1, 0.15) is 0 Å². The molecule has 84 valence electrons. The predicted octanol–water partition coefficient (Wildman–Crippen LogP) is 2.83. The highest BCUT2D eigenvalue weighted by molar-refractivity contribution is 9.10. The SMILES string of the molecule is CCc1c(N)nnn1-c1ccc(Cl)c(Br)c1. The van der Waals surface area contributed by atoms with E-state index in [1.54, 1.807) is 10.7 Å². The standard InChI is InChI=1S/C10H10BrClN4/c1-2-9-10(13)14-15-16(9)6-3-4-8(12)7(11)5-6/h3-5H,2,13H2,1H3. The predicted molar refractivity (Wildman–Crippen MR) is 67.9 cm³/mol. The van der Waals surface area contributed by atoms with Gasteiger partial charge >= 0.3 is 0 Å². The molecule has 2 aromatic rings. The lowest BCUT2D eigenvalue weighted by molar-refractivity contribution is 0.767. The molecule has 0 fully saturated rings. The molecule has 2 N–H and O–H groups in total. The molecule has 4 nitrogen and oxygen atoms in total. The molecule has 0 aliphatic rings. The van der Waals surface area contributed by atoms with Gasteiger partial charge in [-0.25, -0.2) is 4.68 Å². The fourth-order valence-corrected chi connectivity index (χ4v) is 1.95. The molecule has 0 radical (unpaired) electrons. The van der Waals surface area contributed by atoms with Gasteiger partial charge < -0.3 is 5.73 Å². The van der Waals surface area contributed by atoms with E-state index in [9.17, 15) is 0 Å². The van der Waals surface area contributed by atoms with Crippen LogP contribution in [0.4, 0.5) is 5.82 Å². The first-order valence-electron chi connectivity index (χ1n) is 4.79. The van der Waals surface area contributed by atoms with Gasteiger partial charge in [0.2, 0.25) is 0 Å². The second kappa shape index (κ2) is 4.43. The number of nitrogens with zero attached hydrogens (tertiary/aromatic N) is 3. The molecule has 1 aromatic heterocycles. The van der Waals surface area contributed by atoms with Crippen molar-refractivity contribution in [3.8, 4) is 5.69 Å². The van der Waals surface area contributed by atoms with Crippen LogP contribution in [-0.4, -0.2) is 15.0 Å². The van der Waals surface area contributed by atoms with Gasteiger partial charge in [-0.05, 0) is 40.5 Å². The Morgan fingerprint density at radius 1 is 1.50 bits per heavy atom. The van der Waals surface area contributed by atoms with E-state index in [4.69, 9.17) is 17.3 Å². The zero-order valence-corrected chi connectivity index (χ0v) is 11.0. The molecular formula is C10H10BrClN4. The van der Waals surface area contributed by atoms with Crippen molar-refractivity contribution < 1.29 is 0 Å². The molecule has 0 bridgehead atoms. The number of rotatable bonds is 2. The van der Waals surface area contributed by atoms with E-state index >= 15 is 0 Å². The topological polar surface area (TPSA) is 56.7 Å². The van der Waals surface area contributed by atoms with Gasteiger partial charge in [-0.2, -0.15) is 0 Å². The van der Waals surface area contributed by atoms with Crippen LogP contribution in [0.25, 0.3) is 5.69 Å². The van der Waals surface area contributed by atoms with Crippen LogP contribution in [0, 0.1) is 0 Å². The molecule has 1 aromatic carbocycles. The maximum Gasteiger partial charge on any atom is 0.169 e. The van der Waals surface area contributed by atoms with Crippen molar-refractivity contribution in [3.05, 3.63) is 33.4 Å². The average Bonchev–Trinajstić information content (AvgIpc) is 2.63. The smallest absolute Gasteiger partial charge is 0.169 e. The van der Waals surface area contributed by atoms with Crippen LogP contribution >= 0.6 is 27.5 Å². The number of aromatic nitrogens is 3. The summed E-state index contributed by atoms with van der Waals surface area (Å²) in [7, 11) is 0. The Balaban J connectivity index is 2.54. The minimum atomic E-state index is 0.466. The van der Waals surface area contributed by atoms with Gasteiger partial charge in [0.05, 0.1) is 16.4 Å². The van der Waals surface area contributed by atoms with Crippen LogP contribution in [0.5, 0.6) is 0 Å². The Morgan fingerprint density at radius 2 is 2.25 bits per heavy atom. The number of nitrogens with two attached hydrogens (primary N) is 1. The summed E-state index contributed by atoms with van der Waals surface area (Å²) in [5.74, 6) is 0.466. The lowest BCUT2D eigenvalue weighted by atomic mass is 10.3. The third-order valence-electron chi connectivity index (χ3n) is 2.28. The molecule has 0 spiro atoms. The Hall–Kier alpha value is -1.07. The molecular weight excluding hydrogens is 291 g/mol. The molecule has 0 saturated carbocycles. The Morgan fingerprint density at radius 3 is 2.88 bits per heavy atom. The summed E-state index contributed by atoms with van der Waals surface area (Å²) >= 11 is 9.30. The van der Waals surface area contributed by atoms with Gasteiger partial charge in [0.25, 0.3) is 0 Å². The van der Waals surface area contributed by atoms with Crippen molar-refractivity contribution in [3.63, 3.8) is 0 Å². The summed E-state index contributed by atoms with van der Waals surface area (Å²) in [4.78, 5) is 0. The molecule has 6 heteroatoms. The number of hydrogen-bond donors (Lipinski definition) is 1. The van der Waals surface area contributed by atoms with E-state index in [0.717, 1.165) is 22.3 Å².